The molecule has 0 radical (unpaired) electrons. The third-order valence-corrected chi connectivity index (χ3v) is 7.41. The standard InChI is InChI=1S/C19H19FN6O3S.C3H6/c1-10-18(21)26-16(8-30(10,27)28)13-5-11(3-4-14(13)20)25-19-17-15(23-9-24-19)6-12(29-2)7-22-17;1-2-3-1/h3-7,9-10,16H,8H2,1-2H3,(H2,21,26)(H,23,24,25);1-3H2. The molecule has 2 aliphatic rings. The number of sulfone groups is 1. The number of fused-ring (bicyclic) bond motifs is 1. The van der Waals surface area contributed by atoms with Gasteiger partial charge in [0.05, 0.1) is 30.6 Å². The average Bonchev–Trinajstić information content (AvgIpc) is 3.68. The summed E-state index contributed by atoms with van der Waals surface area (Å²) >= 11 is 0. The zero-order valence-electron chi connectivity index (χ0n) is 18.3. The van der Waals surface area contributed by atoms with Crippen LogP contribution in [0.1, 0.15) is 37.8 Å². The lowest BCUT2D eigenvalue weighted by Crippen LogP contribution is -2.40. The van der Waals surface area contributed by atoms with E-state index in [0.29, 0.717) is 28.3 Å². The molecule has 3 heterocycles. The Labute approximate surface area is 191 Å². The number of nitrogens with zero attached hydrogens (tertiary/aromatic N) is 4. The second-order valence-electron chi connectivity index (χ2n) is 7.93. The summed E-state index contributed by atoms with van der Waals surface area (Å²) in [6, 6.07) is 5.06. The zero-order chi connectivity index (χ0) is 23.6. The Morgan fingerprint density at radius 1 is 1.15 bits per heavy atom. The first kappa shape index (κ1) is 22.8. The highest BCUT2D eigenvalue weighted by molar-refractivity contribution is 7.92. The quantitative estimate of drug-likeness (QED) is 0.591. The maximum atomic E-state index is 14.5. The summed E-state index contributed by atoms with van der Waals surface area (Å²) in [7, 11) is -1.98. The molecule has 174 valence electrons. The molecule has 1 aromatic carbocycles. The Bertz CT molecular complexity index is 1310. The van der Waals surface area contributed by atoms with Gasteiger partial charge < -0.3 is 15.8 Å². The topological polar surface area (TPSA) is 132 Å². The number of aromatic nitrogens is 3. The first-order chi connectivity index (χ1) is 15.8. The molecule has 2 unspecified atom stereocenters. The van der Waals surface area contributed by atoms with Gasteiger partial charge in [-0.05, 0) is 25.1 Å². The van der Waals surface area contributed by atoms with E-state index in [4.69, 9.17) is 10.5 Å². The molecule has 2 atom stereocenters. The van der Waals surface area contributed by atoms with Crippen molar-refractivity contribution in [2.75, 3.05) is 18.2 Å². The first-order valence-corrected chi connectivity index (χ1v) is 12.3. The third-order valence-electron chi connectivity index (χ3n) is 5.31. The molecule has 0 spiro atoms. The van der Waals surface area contributed by atoms with Crippen molar-refractivity contribution in [1.82, 2.24) is 15.0 Å². The second-order valence-corrected chi connectivity index (χ2v) is 10.3. The minimum Gasteiger partial charge on any atom is -0.495 e. The molecule has 5 rings (SSSR count). The Hall–Kier alpha value is -3.34. The van der Waals surface area contributed by atoms with Gasteiger partial charge in [0.1, 0.15) is 34.5 Å². The predicted octanol–water partition coefficient (Wildman–Crippen LogP) is 3.30. The van der Waals surface area contributed by atoms with E-state index < -0.39 is 26.9 Å². The highest BCUT2D eigenvalue weighted by atomic mass is 32.2. The van der Waals surface area contributed by atoms with Crippen LogP contribution in [0, 0.1) is 5.82 Å². The molecule has 3 aromatic rings. The van der Waals surface area contributed by atoms with E-state index in [1.165, 1.54) is 57.8 Å². The summed E-state index contributed by atoms with van der Waals surface area (Å²) in [6.45, 7) is 1.47. The molecule has 1 aliphatic carbocycles. The number of benzene rings is 1. The maximum absolute atomic E-state index is 14.5. The molecule has 33 heavy (non-hydrogen) atoms. The number of hydrogen-bond donors (Lipinski definition) is 2. The van der Waals surface area contributed by atoms with Gasteiger partial charge in [-0.25, -0.2) is 27.8 Å². The summed E-state index contributed by atoms with van der Waals surface area (Å²) in [4.78, 5) is 16.9. The molecular formula is C22H25FN6O3S. The molecule has 1 saturated carbocycles. The highest BCUT2D eigenvalue weighted by Crippen LogP contribution is 2.31. The molecule has 11 heteroatoms. The van der Waals surface area contributed by atoms with Crippen LogP contribution >= 0.6 is 0 Å². The Morgan fingerprint density at radius 3 is 2.58 bits per heavy atom. The number of methoxy groups -OCH3 is 1. The smallest absolute Gasteiger partial charge is 0.162 e. The first-order valence-electron chi connectivity index (χ1n) is 10.5. The van der Waals surface area contributed by atoms with Crippen molar-refractivity contribution in [3.05, 3.63) is 48.2 Å². The molecule has 1 fully saturated rings. The second kappa shape index (κ2) is 9.26. The van der Waals surface area contributed by atoms with Crippen LogP contribution in [-0.2, 0) is 9.84 Å². The molecular weight excluding hydrogens is 447 g/mol. The van der Waals surface area contributed by atoms with Crippen LogP contribution in [0.15, 0.2) is 41.8 Å². The van der Waals surface area contributed by atoms with Gasteiger partial charge in [0.2, 0.25) is 0 Å². The monoisotopic (exact) mass is 472 g/mol. The number of anilines is 2. The lowest BCUT2D eigenvalue weighted by atomic mass is 10.1. The van der Waals surface area contributed by atoms with Crippen LogP contribution in [0.25, 0.3) is 11.0 Å². The van der Waals surface area contributed by atoms with Crippen molar-refractivity contribution >= 4 is 38.2 Å². The molecule has 2 aromatic heterocycles. The summed E-state index contributed by atoms with van der Waals surface area (Å²) in [5, 5.41) is 2.20. The van der Waals surface area contributed by atoms with Crippen molar-refractivity contribution in [1.29, 1.82) is 0 Å². The fraction of sp³-hybridized carbons (Fsp3) is 0.364. The Morgan fingerprint density at radius 2 is 1.91 bits per heavy atom. The van der Waals surface area contributed by atoms with Crippen LogP contribution in [0.5, 0.6) is 5.75 Å². The third kappa shape index (κ3) is 5.19. The van der Waals surface area contributed by atoms with Gasteiger partial charge in [0, 0.05) is 17.3 Å². The number of nitrogens with two attached hydrogens (primary N) is 1. The van der Waals surface area contributed by atoms with Crippen molar-refractivity contribution < 1.29 is 17.5 Å². The largest absolute Gasteiger partial charge is 0.495 e. The van der Waals surface area contributed by atoms with Crippen LogP contribution in [-0.4, -0.2) is 47.3 Å². The van der Waals surface area contributed by atoms with Crippen molar-refractivity contribution in [3.63, 3.8) is 0 Å². The van der Waals surface area contributed by atoms with Crippen LogP contribution in [0.3, 0.4) is 0 Å². The van der Waals surface area contributed by atoms with E-state index in [9.17, 15) is 12.8 Å². The minimum atomic E-state index is -3.52. The van der Waals surface area contributed by atoms with E-state index in [2.05, 4.69) is 25.3 Å². The van der Waals surface area contributed by atoms with E-state index in [-0.39, 0.29) is 17.2 Å². The normalized spacial score (nSPS) is 20.9. The van der Waals surface area contributed by atoms with E-state index in [1.54, 1.807) is 12.3 Å². The zero-order valence-corrected chi connectivity index (χ0v) is 19.1. The molecule has 9 nitrogen and oxygen atoms in total. The molecule has 1 aliphatic heterocycles. The maximum Gasteiger partial charge on any atom is 0.162 e. The molecule has 0 amide bonds. The van der Waals surface area contributed by atoms with Crippen molar-refractivity contribution in [2.24, 2.45) is 10.7 Å². The number of aliphatic imine (C=N–C) groups is 1. The predicted molar refractivity (Wildman–Crippen MR) is 125 cm³/mol. The van der Waals surface area contributed by atoms with Gasteiger partial charge in [-0.2, -0.15) is 0 Å². The van der Waals surface area contributed by atoms with Gasteiger partial charge in [-0.15, -0.1) is 0 Å². The molecule has 0 saturated heterocycles. The average molecular weight is 473 g/mol. The summed E-state index contributed by atoms with van der Waals surface area (Å²) in [5.74, 6) is 0.0614. The number of halogens is 1. The van der Waals surface area contributed by atoms with E-state index >= 15 is 0 Å². The number of nitrogens with one attached hydrogen (secondary N) is 1. The number of ether oxygens (including phenoxy) is 1. The Kier molecular flexibility index (Phi) is 6.41. The molecule has 3 N–H and O–H groups in total. The van der Waals surface area contributed by atoms with Gasteiger partial charge in [0.15, 0.2) is 15.7 Å². The lowest BCUT2D eigenvalue weighted by molar-refractivity contribution is 0.413. The van der Waals surface area contributed by atoms with Crippen molar-refractivity contribution in [2.45, 2.75) is 37.5 Å². The number of rotatable bonds is 4. The number of hydrogen-bond acceptors (Lipinski definition) is 9. The number of pyridine rings is 1. The lowest BCUT2D eigenvalue weighted by Gasteiger charge is -2.24. The van der Waals surface area contributed by atoms with Gasteiger partial charge in [-0.3, -0.25) is 4.99 Å². The summed E-state index contributed by atoms with van der Waals surface area (Å²) in [6.07, 6.45) is 7.41. The summed E-state index contributed by atoms with van der Waals surface area (Å²) in [5.41, 5.74) is 7.47. The van der Waals surface area contributed by atoms with Crippen LogP contribution < -0.4 is 15.8 Å². The van der Waals surface area contributed by atoms with Crippen LogP contribution in [0.2, 0.25) is 0 Å². The Balaban J connectivity index is 0.000000799. The summed E-state index contributed by atoms with van der Waals surface area (Å²) < 4.78 is 44.3. The van der Waals surface area contributed by atoms with Gasteiger partial charge in [-0.1, -0.05) is 19.3 Å². The van der Waals surface area contributed by atoms with Gasteiger partial charge >= 0.3 is 0 Å². The fourth-order valence-corrected chi connectivity index (χ4v) is 4.58. The SMILES string of the molecule is C1CC1.COc1cnc2c(Nc3ccc(F)c(C4CS(=O)(=O)C(C)C(N)=N4)c3)ncnc2c1. The van der Waals surface area contributed by atoms with E-state index in [0.717, 1.165) is 0 Å². The van der Waals surface area contributed by atoms with Crippen LogP contribution in [0.4, 0.5) is 15.9 Å². The van der Waals surface area contributed by atoms with Crippen molar-refractivity contribution in [3.8, 4) is 5.75 Å². The highest BCUT2D eigenvalue weighted by Gasteiger charge is 2.34. The number of amidine groups is 1. The molecule has 0 bridgehead atoms. The fourth-order valence-electron chi connectivity index (χ4n) is 3.17. The van der Waals surface area contributed by atoms with Gasteiger partial charge in [0.25, 0.3) is 0 Å². The van der Waals surface area contributed by atoms with E-state index in [1.807, 2.05) is 0 Å². The minimum absolute atomic E-state index is 0.0241.